The standard InChI is InChI=1S/C44H26N2S2/c1-2-12-36-34(10-1)35-11-3-4-13-37(35)39-24-27(19-20-38(36)39)29-21-30(32-14-7-9-28-25-45-26-46-43(28)32)23-31(22-29)33-15-8-18-42-44(33)48-41-17-6-5-16-40(41)47-42/h1-26H. The zero-order chi connectivity index (χ0) is 31.6. The molecular weight excluding hydrogens is 621 g/mol. The van der Waals surface area contributed by atoms with Crippen molar-refractivity contribution in [2.45, 2.75) is 19.6 Å². The summed E-state index contributed by atoms with van der Waals surface area (Å²) in [5.74, 6) is 0. The number of hydrogen-bond acceptors (Lipinski definition) is 4. The summed E-state index contributed by atoms with van der Waals surface area (Å²) in [7, 11) is 0. The van der Waals surface area contributed by atoms with Gasteiger partial charge in [-0.3, -0.25) is 0 Å². The van der Waals surface area contributed by atoms with Crippen LogP contribution >= 0.6 is 23.5 Å². The fourth-order valence-corrected chi connectivity index (χ4v) is 9.62. The number of fused-ring (bicyclic) bond motifs is 9. The van der Waals surface area contributed by atoms with Crippen LogP contribution in [0.4, 0.5) is 0 Å². The Kier molecular flexibility index (Phi) is 6.39. The molecule has 0 fully saturated rings. The van der Waals surface area contributed by atoms with E-state index in [1.165, 1.54) is 74.2 Å². The highest BCUT2D eigenvalue weighted by atomic mass is 32.2. The Hall–Kier alpha value is -5.42. The molecule has 0 N–H and O–H groups in total. The van der Waals surface area contributed by atoms with Gasteiger partial charge in [0.25, 0.3) is 0 Å². The number of benzene rings is 8. The first-order valence-corrected chi connectivity index (χ1v) is 17.7. The van der Waals surface area contributed by atoms with E-state index in [-0.39, 0.29) is 0 Å². The lowest BCUT2D eigenvalue weighted by molar-refractivity contribution is 1.16. The fourth-order valence-electron chi connectivity index (χ4n) is 7.22. The topological polar surface area (TPSA) is 25.8 Å². The summed E-state index contributed by atoms with van der Waals surface area (Å²) in [6.07, 6.45) is 3.54. The molecular formula is C44H26N2S2. The van der Waals surface area contributed by atoms with Crippen LogP contribution in [0, 0.1) is 0 Å². The number of hydrogen-bond donors (Lipinski definition) is 0. The zero-order valence-electron chi connectivity index (χ0n) is 25.7. The average molecular weight is 647 g/mol. The highest BCUT2D eigenvalue weighted by Gasteiger charge is 2.21. The van der Waals surface area contributed by atoms with Crippen LogP contribution < -0.4 is 0 Å². The maximum Gasteiger partial charge on any atom is 0.116 e. The van der Waals surface area contributed by atoms with E-state index in [1.54, 1.807) is 6.33 Å². The van der Waals surface area contributed by atoms with E-state index in [4.69, 9.17) is 4.98 Å². The van der Waals surface area contributed by atoms with Gasteiger partial charge in [0, 0.05) is 36.7 Å². The fraction of sp³-hybridized carbons (Fsp3) is 0. The van der Waals surface area contributed by atoms with Crippen molar-refractivity contribution in [1.29, 1.82) is 0 Å². The minimum Gasteiger partial charge on any atom is -0.244 e. The molecule has 48 heavy (non-hydrogen) atoms. The molecule has 0 saturated heterocycles. The Morgan fingerprint density at radius 2 is 0.979 bits per heavy atom. The molecule has 1 aromatic heterocycles. The molecule has 1 aliphatic rings. The molecule has 0 spiro atoms. The van der Waals surface area contributed by atoms with E-state index in [0.717, 1.165) is 22.0 Å². The molecule has 224 valence electrons. The highest BCUT2D eigenvalue weighted by molar-refractivity contribution is 8.05. The molecule has 4 heteroatoms. The minimum atomic E-state index is 0.959. The lowest BCUT2D eigenvalue weighted by atomic mass is 9.89. The van der Waals surface area contributed by atoms with E-state index in [0.29, 0.717) is 0 Å². The van der Waals surface area contributed by atoms with Gasteiger partial charge in [-0.15, -0.1) is 0 Å². The van der Waals surface area contributed by atoms with Crippen LogP contribution in [0.2, 0.25) is 0 Å². The Morgan fingerprint density at radius 1 is 0.396 bits per heavy atom. The predicted octanol–water partition coefficient (Wildman–Crippen LogP) is 12.7. The van der Waals surface area contributed by atoms with Gasteiger partial charge in [-0.1, -0.05) is 127 Å². The maximum atomic E-state index is 4.74. The second-order valence-electron chi connectivity index (χ2n) is 12.2. The highest BCUT2D eigenvalue weighted by Crippen LogP contribution is 2.52. The summed E-state index contributed by atoms with van der Waals surface area (Å²) in [5.41, 5.74) is 8.02. The second kappa shape index (κ2) is 11.1. The second-order valence-corrected chi connectivity index (χ2v) is 14.3. The lowest BCUT2D eigenvalue weighted by Gasteiger charge is -2.22. The van der Waals surface area contributed by atoms with E-state index >= 15 is 0 Å². The van der Waals surface area contributed by atoms with Crippen molar-refractivity contribution in [3.8, 4) is 33.4 Å². The van der Waals surface area contributed by atoms with Crippen molar-refractivity contribution in [1.82, 2.24) is 9.97 Å². The van der Waals surface area contributed by atoms with Gasteiger partial charge in [0.1, 0.15) is 6.33 Å². The van der Waals surface area contributed by atoms with Gasteiger partial charge in [0.05, 0.1) is 5.52 Å². The molecule has 0 amide bonds. The third kappa shape index (κ3) is 4.45. The lowest BCUT2D eigenvalue weighted by Crippen LogP contribution is -1.94. The molecule has 2 heterocycles. The number of rotatable bonds is 3. The minimum absolute atomic E-state index is 0.959. The number of para-hydroxylation sites is 1. The molecule has 0 unspecified atom stereocenters. The molecule has 0 saturated carbocycles. The van der Waals surface area contributed by atoms with E-state index in [1.807, 2.05) is 29.7 Å². The molecule has 8 aromatic carbocycles. The van der Waals surface area contributed by atoms with Crippen LogP contribution in [0.3, 0.4) is 0 Å². The Bertz CT molecular complexity index is 2710. The largest absolute Gasteiger partial charge is 0.244 e. The van der Waals surface area contributed by atoms with Crippen molar-refractivity contribution in [3.05, 3.63) is 158 Å². The van der Waals surface area contributed by atoms with E-state index in [9.17, 15) is 0 Å². The molecule has 0 aliphatic carbocycles. The van der Waals surface area contributed by atoms with Gasteiger partial charge in [0.2, 0.25) is 0 Å². The summed E-state index contributed by atoms with van der Waals surface area (Å²) in [6.45, 7) is 0. The van der Waals surface area contributed by atoms with Crippen molar-refractivity contribution in [2.24, 2.45) is 0 Å². The zero-order valence-corrected chi connectivity index (χ0v) is 27.4. The molecule has 2 nitrogen and oxygen atoms in total. The molecule has 10 rings (SSSR count). The summed E-state index contributed by atoms with van der Waals surface area (Å²) in [4.78, 5) is 14.3. The number of nitrogens with zero attached hydrogens (tertiary/aromatic N) is 2. The summed E-state index contributed by atoms with van der Waals surface area (Å²) < 4.78 is 0. The molecule has 0 atom stereocenters. The Labute approximate surface area is 286 Å². The smallest absolute Gasteiger partial charge is 0.116 e. The van der Waals surface area contributed by atoms with Gasteiger partial charge in [-0.05, 0) is 103 Å². The van der Waals surface area contributed by atoms with Gasteiger partial charge >= 0.3 is 0 Å². The van der Waals surface area contributed by atoms with Crippen LogP contribution in [-0.2, 0) is 0 Å². The first-order valence-electron chi connectivity index (χ1n) is 16.0. The monoisotopic (exact) mass is 646 g/mol. The summed E-state index contributed by atoms with van der Waals surface area (Å²) in [6, 6.07) is 53.4. The van der Waals surface area contributed by atoms with Crippen LogP contribution in [0.1, 0.15) is 0 Å². The summed E-state index contributed by atoms with van der Waals surface area (Å²) in [5, 5.41) is 8.72. The van der Waals surface area contributed by atoms with E-state index in [2.05, 4.69) is 151 Å². The van der Waals surface area contributed by atoms with Crippen molar-refractivity contribution >= 4 is 66.7 Å². The third-order valence-electron chi connectivity index (χ3n) is 9.43. The van der Waals surface area contributed by atoms with Crippen molar-refractivity contribution in [2.75, 3.05) is 0 Å². The van der Waals surface area contributed by atoms with Crippen molar-refractivity contribution < 1.29 is 0 Å². The SMILES string of the molecule is c1ccc2c(c1)Sc1cccc(-c3cc(-c4ccc5c6ccccc6c6ccccc6c5c4)cc(-c4cccc5cncnc45)c3)c1S2. The van der Waals surface area contributed by atoms with Crippen molar-refractivity contribution in [3.63, 3.8) is 0 Å². The van der Waals surface area contributed by atoms with Gasteiger partial charge in [-0.2, -0.15) is 0 Å². The number of aromatic nitrogens is 2. The normalized spacial score (nSPS) is 12.4. The molecule has 0 radical (unpaired) electrons. The first kappa shape index (κ1) is 27.7. The predicted molar refractivity (Wildman–Crippen MR) is 203 cm³/mol. The first-order chi connectivity index (χ1) is 23.8. The quantitative estimate of drug-likeness (QED) is 0.178. The van der Waals surface area contributed by atoms with Gasteiger partial charge in [-0.25, -0.2) is 9.97 Å². The Morgan fingerprint density at radius 3 is 1.75 bits per heavy atom. The summed E-state index contributed by atoms with van der Waals surface area (Å²) >= 11 is 3.73. The molecule has 1 aliphatic heterocycles. The maximum absolute atomic E-state index is 4.74. The Balaban J connectivity index is 1.23. The van der Waals surface area contributed by atoms with Crippen LogP contribution in [0.5, 0.6) is 0 Å². The van der Waals surface area contributed by atoms with Crippen LogP contribution in [0.15, 0.2) is 178 Å². The van der Waals surface area contributed by atoms with Gasteiger partial charge in [0.15, 0.2) is 0 Å². The van der Waals surface area contributed by atoms with Crippen LogP contribution in [0.25, 0.3) is 76.6 Å². The van der Waals surface area contributed by atoms with Crippen LogP contribution in [-0.4, -0.2) is 9.97 Å². The molecule has 0 bridgehead atoms. The molecule has 9 aromatic rings. The van der Waals surface area contributed by atoms with E-state index < -0.39 is 0 Å². The average Bonchev–Trinajstić information content (AvgIpc) is 3.16. The van der Waals surface area contributed by atoms with Gasteiger partial charge < -0.3 is 0 Å². The third-order valence-corrected chi connectivity index (χ3v) is 12.0.